The topological polar surface area (TPSA) is 57.6 Å². The summed E-state index contributed by atoms with van der Waals surface area (Å²) in [4.78, 5) is 0.266. The fraction of sp³-hybridized carbons (Fsp3) is 0.538. The van der Waals surface area contributed by atoms with E-state index in [4.69, 9.17) is 5.11 Å². The Kier molecular flexibility index (Phi) is 4.25. The first kappa shape index (κ1) is 14.8. The summed E-state index contributed by atoms with van der Waals surface area (Å²) in [6, 6.07) is 6.52. The molecule has 0 radical (unpaired) electrons. The Balaban J connectivity index is 2.31. The number of thioether (sulfide) groups is 1. The highest BCUT2D eigenvalue weighted by molar-refractivity contribution is 8.00. The van der Waals surface area contributed by atoms with E-state index in [1.807, 2.05) is 0 Å². The van der Waals surface area contributed by atoms with E-state index in [0.717, 1.165) is 5.75 Å². The number of hydrogen-bond donors (Lipinski definition) is 1. The van der Waals surface area contributed by atoms with E-state index in [2.05, 4.69) is 13.8 Å². The van der Waals surface area contributed by atoms with Gasteiger partial charge < -0.3 is 5.11 Å². The number of rotatable bonds is 3. The molecule has 1 aliphatic heterocycles. The summed E-state index contributed by atoms with van der Waals surface area (Å²) in [5.41, 5.74) is 0.617. The third kappa shape index (κ3) is 3.31. The summed E-state index contributed by atoms with van der Waals surface area (Å²) in [7, 11) is -3.46. The predicted octanol–water partition coefficient (Wildman–Crippen LogP) is 1.70. The highest BCUT2D eigenvalue weighted by atomic mass is 32.2. The summed E-state index contributed by atoms with van der Waals surface area (Å²) in [6.07, 6.45) is 0. The molecule has 106 valence electrons. The van der Waals surface area contributed by atoms with Crippen LogP contribution in [0.1, 0.15) is 19.4 Å². The lowest BCUT2D eigenvalue weighted by Crippen LogP contribution is -2.46. The van der Waals surface area contributed by atoms with Crippen LogP contribution in [-0.2, 0) is 16.6 Å². The molecule has 0 saturated carbocycles. The summed E-state index contributed by atoms with van der Waals surface area (Å²) in [5.74, 6) is 0.811. The molecule has 0 aliphatic carbocycles. The predicted molar refractivity (Wildman–Crippen MR) is 77.7 cm³/mol. The normalized spacial score (nSPS) is 20.4. The molecule has 1 N–H and O–H groups in total. The number of sulfonamides is 1. The van der Waals surface area contributed by atoms with Crippen molar-refractivity contribution in [3.8, 4) is 0 Å². The van der Waals surface area contributed by atoms with E-state index in [1.165, 1.54) is 0 Å². The van der Waals surface area contributed by atoms with Gasteiger partial charge in [-0.25, -0.2) is 8.42 Å². The molecular weight excluding hydrogens is 282 g/mol. The Morgan fingerprint density at radius 3 is 2.79 bits per heavy atom. The molecular formula is C13H19NO3S2. The van der Waals surface area contributed by atoms with Crippen molar-refractivity contribution in [1.82, 2.24) is 4.31 Å². The summed E-state index contributed by atoms with van der Waals surface area (Å²) < 4.78 is 26.6. The Bertz CT molecular complexity index is 555. The van der Waals surface area contributed by atoms with E-state index in [0.29, 0.717) is 18.7 Å². The molecule has 0 aromatic heterocycles. The molecule has 1 fully saturated rings. The molecule has 1 saturated heterocycles. The minimum atomic E-state index is -3.46. The van der Waals surface area contributed by atoms with Gasteiger partial charge in [-0.05, 0) is 31.5 Å². The minimum Gasteiger partial charge on any atom is -0.392 e. The van der Waals surface area contributed by atoms with Gasteiger partial charge in [0.1, 0.15) is 0 Å². The van der Waals surface area contributed by atoms with E-state index in [9.17, 15) is 8.42 Å². The third-order valence-electron chi connectivity index (χ3n) is 3.11. The summed E-state index contributed by atoms with van der Waals surface area (Å²) in [5, 5.41) is 9.11. The minimum absolute atomic E-state index is 0.0556. The lowest BCUT2D eigenvalue weighted by Gasteiger charge is -2.36. The van der Waals surface area contributed by atoms with Gasteiger partial charge in [-0.1, -0.05) is 12.1 Å². The number of aliphatic hydroxyl groups excluding tert-OH is 1. The van der Waals surface area contributed by atoms with Crippen LogP contribution in [0.4, 0.5) is 0 Å². The lowest BCUT2D eigenvalue weighted by atomic mass is 10.2. The number of benzene rings is 1. The molecule has 0 unspecified atom stereocenters. The van der Waals surface area contributed by atoms with Gasteiger partial charge in [0.2, 0.25) is 10.0 Å². The number of nitrogens with zero attached hydrogens (tertiary/aromatic N) is 1. The van der Waals surface area contributed by atoms with Crippen molar-refractivity contribution in [3.63, 3.8) is 0 Å². The zero-order chi connectivity index (χ0) is 14.1. The Morgan fingerprint density at radius 2 is 2.16 bits per heavy atom. The van der Waals surface area contributed by atoms with Gasteiger partial charge in [0.25, 0.3) is 0 Å². The standard InChI is InChI=1S/C13H19NO3S2/c1-13(2)10-14(6-7-18-13)19(16,17)12-5-3-4-11(8-12)9-15/h3-5,8,15H,6-7,9-10H2,1-2H3. The first-order chi connectivity index (χ1) is 8.85. The Labute approximate surface area is 118 Å². The zero-order valence-corrected chi connectivity index (χ0v) is 12.8. The lowest BCUT2D eigenvalue weighted by molar-refractivity contribution is 0.281. The molecule has 1 aromatic rings. The molecule has 0 bridgehead atoms. The second kappa shape index (κ2) is 5.44. The molecule has 6 heteroatoms. The molecule has 0 atom stereocenters. The van der Waals surface area contributed by atoms with Crippen LogP contribution >= 0.6 is 11.8 Å². The van der Waals surface area contributed by atoms with Gasteiger partial charge in [-0.2, -0.15) is 16.1 Å². The van der Waals surface area contributed by atoms with Crippen LogP contribution in [-0.4, -0.2) is 41.4 Å². The van der Waals surface area contributed by atoms with Gasteiger partial charge in [0.15, 0.2) is 0 Å². The van der Waals surface area contributed by atoms with E-state index in [1.54, 1.807) is 40.3 Å². The second-order valence-corrected chi connectivity index (χ2v) is 8.99. The smallest absolute Gasteiger partial charge is 0.243 e. The van der Waals surface area contributed by atoms with Crippen molar-refractivity contribution < 1.29 is 13.5 Å². The van der Waals surface area contributed by atoms with Crippen molar-refractivity contribution in [2.24, 2.45) is 0 Å². The van der Waals surface area contributed by atoms with E-state index in [-0.39, 0.29) is 16.2 Å². The highest BCUT2D eigenvalue weighted by Gasteiger charge is 2.34. The number of hydrogen-bond acceptors (Lipinski definition) is 4. The average Bonchev–Trinajstić information content (AvgIpc) is 2.37. The molecule has 1 heterocycles. The number of aliphatic hydroxyl groups is 1. The first-order valence-corrected chi connectivity index (χ1v) is 8.62. The van der Waals surface area contributed by atoms with Gasteiger partial charge in [0, 0.05) is 23.6 Å². The van der Waals surface area contributed by atoms with Crippen molar-refractivity contribution in [1.29, 1.82) is 0 Å². The maximum absolute atomic E-state index is 12.6. The van der Waals surface area contributed by atoms with Gasteiger partial charge >= 0.3 is 0 Å². The van der Waals surface area contributed by atoms with Gasteiger partial charge in [0.05, 0.1) is 11.5 Å². The van der Waals surface area contributed by atoms with Crippen molar-refractivity contribution in [2.45, 2.75) is 30.1 Å². The van der Waals surface area contributed by atoms with Crippen molar-refractivity contribution in [3.05, 3.63) is 29.8 Å². The molecule has 1 aromatic carbocycles. The van der Waals surface area contributed by atoms with Crippen LogP contribution in [0, 0.1) is 0 Å². The molecule has 4 nitrogen and oxygen atoms in total. The average molecular weight is 301 g/mol. The largest absolute Gasteiger partial charge is 0.392 e. The molecule has 19 heavy (non-hydrogen) atoms. The fourth-order valence-electron chi connectivity index (χ4n) is 2.13. The SMILES string of the molecule is CC1(C)CN(S(=O)(=O)c2cccc(CO)c2)CCS1. The van der Waals surface area contributed by atoms with Crippen LogP contribution in [0.3, 0.4) is 0 Å². The summed E-state index contributed by atoms with van der Waals surface area (Å²) >= 11 is 1.80. The maximum atomic E-state index is 12.6. The maximum Gasteiger partial charge on any atom is 0.243 e. The van der Waals surface area contributed by atoms with Crippen LogP contribution < -0.4 is 0 Å². The second-order valence-electron chi connectivity index (χ2n) is 5.25. The van der Waals surface area contributed by atoms with Crippen molar-refractivity contribution >= 4 is 21.8 Å². The summed E-state index contributed by atoms with van der Waals surface area (Å²) in [6.45, 7) is 5.03. The zero-order valence-electron chi connectivity index (χ0n) is 11.2. The quantitative estimate of drug-likeness (QED) is 0.923. The molecule has 1 aliphatic rings. The van der Waals surface area contributed by atoms with Crippen LogP contribution in [0.5, 0.6) is 0 Å². The first-order valence-electron chi connectivity index (χ1n) is 6.19. The Morgan fingerprint density at radius 1 is 1.42 bits per heavy atom. The van der Waals surface area contributed by atoms with E-state index >= 15 is 0 Å². The van der Waals surface area contributed by atoms with Crippen LogP contribution in [0.15, 0.2) is 29.2 Å². The molecule has 0 spiro atoms. The third-order valence-corrected chi connectivity index (χ3v) is 6.25. The van der Waals surface area contributed by atoms with Crippen molar-refractivity contribution in [2.75, 3.05) is 18.8 Å². The monoisotopic (exact) mass is 301 g/mol. The fourth-order valence-corrected chi connectivity index (χ4v) is 5.11. The molecule has 2 rings (SSSR count). The van der Waals surface area contributed by atoms with Crippen LogP contribution in [0.25, 0.3) is 0 Å². The van der Waals surface area contributed by atoms with Gasteiger partial charge in [-0.3, -0.25) is 0 Å². The highest BCUT2D eigenvalue weighted by Crippen LogP contribution is 2.32. The van der Waals surface area contributed by atoms with Crippen LogP contribution in [0.2, 0.25) is 0 Å². The van der Waals surface area contributed by atoms with Gasteiger partial charge in [-0.15, -0.1) is 0 Å². The molecule has 0 amide bonds. The van der Waals surface area contributed by atoms with E-state index < -0.39 is 10.0 Å². The Hall–Kier alpha value is -0.560.